The summed E-state index contributed by atoms with van der Waals surface area (Å²) in [5.41, 5.74) is 9.95. The van der Waals surface area contributed by atoms with Gasteiger partial charge in [0.25, 0.3) is 0 Å². The lowest BCUT2D eigenvalue weighted by molar-refractivity contribution is 0.0194. The fraction of sp³-hybridized carbons (Fsp3) is 0.478. The van der Waals surface area contributed by atoms with Crippen molar-refractivity contribution in [1.82, 2.24) is 4.90 Å². The highest BCUT2D eigenvalue weighted by Crippen LogP contribution is 2.38. The molecule has 1 atom stereocenters. The summed E-state index contributed by atoms with van der Waals surface area (Å²) in [5.74, 6) is 0.211. The third-order valence-electron chi connectivity index (χ3n) is 5.17. The van der Waals surface area contributed by atoms with Crippen LogP contribution in [-0.2, 0) is 20.8 Å². The molecule has 0 aliphatic carbocycles. The largest absolute Gasteiger partial charge is 0.378 e. The SMILES string of the molecule is CN1Cc2c(Cl)cc(Cl)cc2C(c2cccc(NCOCCOCCOCCN)c2)C1. The maximum absolute atomic E-state index is 6.49. The number of benzene rings is 2. The van der Waals surface area contributed by atoms with Gasteiger partial charge in [0.2, 0.25) is 0 Å². The summed E-state index contributed by atoms with van der Waals surface area (Å²) in [6, 6.07) is 12.3. The van der Waals surface area contributed by atoms with Crippen LogP contribution in [0.15, 0.2) is 36.4 Å². The van der Waals surface area contributed by atoms with E-state index in [2.05, 4.69) is 35.5 Å². The van der Waals surface area contributed by atoms with E-state index >= 15 is 0 Å². The molecule has 0 aromatic heterocycles. The molecule has 1 unspecified atom stereocenters. The van der Waals surface area contributed by atoms with Crippen molar-refractivity contribution in [2.24, 2.45) is 5.73 Å². The van der Waals surface area contributed by atoms with Gasteiger partial charge in [0, 0.05) is 41.3 Å². The summed E-state index contributed by atoms with van der Waals surface area (Å²) in [5, 5.41) is 4.73. The zero-order chi connectivity index (χ0) is 22.1. The highest BCUT2D eigenvalue weighted by molar-refractivity contribution is 6.35. The number of ether oxygens (including phenoxy) is 3. The number of hydrogen-bond acceptors (Lipinski definition) is 6. The Morgan fingerprint density at radius 2 is 1.77 bits per heavy atom. The molecular weight excluding hydrogens is 437 g/mol. The predicted molar refractivity (Wildman–Crippen MR) is 126 cm³/mol. The van der Waals surface area contributed by atoms with Gasteiger partial charge in [0.15, 0.2) is 0 Å². The van der Waals surface area contributed by atoms with Crippen molar-refractivity contribution in [1.29, 1.82) is 0 Å². The van der Waals surface area contributed by atoms with E-state index in [1.54, 1.807) is 0 Å². The van der Waals surface area contributed by atoms with Crippen LogP contribution in [0.1, 0.15) is 22.6 Å². The van der Waals surface area contributed by atoms with Gasteiger partial charge in [0.05, 0.1) is 33.0 Å². The van der Waals surface area contributed by atoms with E-state index in [-0.39, 0.29) is 5.92 Å². The Balaban J connectivity index is 1.51. The van der Waals surface area contributed by atoms with Crippen molar-refractivity contribution in [2.75, 3.05) is 65.2 Å². The second-order valence-corrected chi connectivity index (χ2v) is 8.42. The number of nitrogens with zero attached hydrogens (tertiary/aromatic N) is 1. The number of hydrogen-bond donors (Lipinski definition) is 2. The molecule has 0 amide bonds. The minimum atomic E-state index is 0.211. The summed E-state index contributed by atoms with van der Waals surface area (Å²) in [6.07, 6.45) is 0. The fourth-order valence-corrected chi connectivity index (χ4v) is 4.29. The second-order valence-electron chi connectivity index (χ2n) is 7.57. The molecule has 1 aliphatic rings. The molecule has 0 radical (unpaired) electrons. The minimum absolute atomic E-state index is 0.211. The lowest BCUT2D eigenvalue weighted by Gasteiger charge is -2.33. The van der Waals surface area contributed by atoms with Gasteiger partial charge in [-0.15, -0.1) is 0 Å². The molecule has 0 saturated carbocycles. The molecule has 31 heavy (non-hydrogen) atoms. The molecule has 0 saturated heterocycles. The Bertz CT molecular complexity index is 838. The van der Waals surface area contributed by atoms with Crippen molar-refractivity contribution in [3.63, 3.8) is 0 Å². The van der Waals surface area contributed by atoms with Crippen LogP contribution in [-0.4, -0.2) is 64.8 Å². The van der Waals surface area contributed by atoms with Gasteiger partial charge in [-0.05, 0) is 48.0 Å². The predicted octanol–water partition coefficient (Wildman–Crippen LogP) is 3.95. The number of anilines is 1. The lowest BCUT2D eigenvalue weighted by Crippen LogP contribution is -2.31. The van der Waals surface area contributed by atoms with Crippen LogP contribution in [0.25, 0.3) is 0 Å². The highest BCUT2D eigenvalue weighted by atomic mass is 35.5. The molecule has 2 aromatic carbocycles. The van der Waals surface area contributed by atoms with Crippen LogP contribution < -0.4 is 11.1 Å². The molecule has 6 nitrogen and oxygen atoms in total. The average molecular weight is 468 g/mol. The quantitative estimate of drug-likeness (QED) is 0.363. The summed E-state index contributed by atoms with van der Waals surface area (Å²) >= 11 is 12.8. The third-order valence-corrected chi connectivity index (χ3v) is 5.72. The molecule has 0 fully saturated rings. The molecule has 8 heteroatoms. The average Bonchev–Trinajstić information content (AvgIpc) is 2.75. The van der Waals surface area contributed by atoms with E-state index in [0.29, 0.717) is 51.3 Å². The van der Waals surface area contributed by atoms with Crippen molar-refractivity contribution in [2.45, 2.75) is 12.5 Å². The molecule has 170 valence electrons. The van der Waals surface area contributed by atoms with Gasteiger partial charge in [-0.25, -0.2) is 0 Å². The van der Waals surface area contributed by atoms with E-state index in [0.717, 1.165) is 29.4 Å². The maximum atomic E-state index is 6.49. The summed E-state index contributed by atoms with van der Waals surface area (Å²) in [6.45, 7) is 5.39. The first-order valence-corrected chi connectivity index (χ1v) is 11.3. The Morgan fingerprint density at radius 3 is 2.55 bits per heavy atom. The van der Waals surface area contributed by atoms with Crippen LogP contribution in [0, 0.1) is 0 Å². The van der Waals surface area contributed by atoms with Gasteiger partial charge in [-0.2, -0.15) is 0 Å². The normalized spacial score (nSPS) is 16.3. The highest BCUT2D eigenvalue weighted by Gasteiger charge is 2.27. The molecule has 0 bridgehead atoms. The van der Waals surface area contributed by atoms with Gasteiger partial charge in [-0.3, -0.25) is 0 Å². The van der Waals surface area contributed by atoms with E-state index < -0.39 is 0 Å². The topological polar surface area (TPSA) is 69.0 Å². The van der Waals surface area contributed by atoms with Crippen molar-refractivity contribution in [3.8, 4) is 0 Å². The van der Waals surface area contributed by atoms with Crippen LogP contribution in [0.3, 0.4) is 0 Å². The van der Waals surface area contributed by atoms with E-state index in [1.807, 2.05) is 18.2 Å². The molecule has 0 spiro atoms. The van der Waals surface area contributed by atoms with Crippen molar-refractivity contribution < 1.29 is 14.2 Å². The number of nitrogens with one attached hydrogen (secondary N) is 1. The molecule has 1 heterocycles. The Kier molecular flexibility index (Phi) is 9.87. The Morgan fingerprint density at radius 1 is 1.03 bits per heavy atom. The molecule has 3 rings (SSSR count). The van der Waals surface area contributed by atoms with Crippen molar-refractivity contribution in [3.05, 3.63) is 63.1 Å². The number of rotatable bonds is 12. The summed E-state index contributed by atoms with van der Waals surface area (Å²) in [7, 11) is 2.11. The second kappa shape index (κ2) is 12.6. The lowest BCUT2D eigenvalue weighted by atomic mass is 9.84. The summed E-state index contributed by atoms with van der Waals surface area (Å²) in [4.78, 5) is 2.29. The third kappa shape index (κ3) is 7.32. The van der Waals surface area contributed by atoms with Crippen LogP contribution >= 0.6 is 23.2 Å². The fourth-order valence-electron chi connectivity index (χ4n) is 3.73. The smallest absolute Gasteiger partial charge is 0.116 e. The number of fused-ring (bicyclic) bond motifs is 1. The first-order chi connectivity index (χ1) is 15.1. The molecule has 3 N–H and O–H groups in total. The Labute approximate surface area is 194 Å². The number of nitrogens with two attached hydrogens (primary N) is 1. The zero-order valence-electron chi connectivity index (χ0n) is 17.9. The standard InChI is InChI=1S/C23H31Cl2N3O3/c1-28-14-21(20-12-18(24)13-23(25)22(20)15-28)17-3-2-4-19(11-17)27-16-31-10-9-30-8-7-29-6-5-26/h2-4,11-13,21,27H,5-10,14-16,26H2,1H3. The molecule has 2 aromatic rings. The van der Waals surface area contributed by atoms with Gasteiger partial charge < -0.3 is 30.2 Å². The Hall–Kier alpha value is -1.38. The van der Waals surface area contributed by atoms with Gasteiger partial charge >= 0.3 is 0 Å². The first-order valence-electron chi connectivity index (χ1n) is 10.5. The summed E-state index contributed by atoms with van der Waals surface area (Å²) < 4.78 is 16.3. The van der Waals surface area contributed by atoms with E-state index in [4.69, 9.17) is 43.1 Å². The maximum Gasteiger partial charge on any atom is 0.116 e. The number of halogens is 2. The van der Waals surface area contributed by atoms with Gasteiger partial charge in [-0.1, -0.05) is 35.3 Å². The van der Waals surface area contributed by atoms with E-state index in [1.165, 1.54) is 11.1 Å². The number of likely N-dealkylation sites (N-methyl/N-ethyl adjacent to an activating group) is 1. The minimum Gasteiger partial charge on any atom is -0.378 e. The van der Waals surface area contributed by atoms with Crippen LogP contribution in [0.4, 0.5) is 5.69 Å². The molecule has 1 aliphatic heterocycles. The monoisotopic (exact) mass is 467 g/mol. The van der Waals surface area contributed by atoms with Crippen molar-refractivity contribution >= 4 is 28.9 Å². The zero-order valence-corrected chi connectivity index (χ0v) is 19.4. The van der Waals surface area contributed by atoms with Gasteiger partial charge in [0.1, 0.15) is 6.73 Å². The van der Waals surface area contributed by atoms with Crippen LogP contribution in [0.2, 0.25) is 10.0 Å². The first kappa shape index (κ1) is 24.3. The molecular formula is C23H31Cl2N3O3. The van der Waals surface area contributed by atoms with E-state index in [9.17, 15) is 0 Å². The van der Waals surface area contributed by atoms with Crippen LogP contribution in [0.5, 0.6) is 0 Å².